The number of thiazole rings is 1. The van der Waals surface area contributed by atoms with Gasteiger partial charge in [-0.25, -0.2) is 4.98 Å². The second kappa shape index (κ2) is 5.38. The minimum absolute atomic E-state index is 0.285. The Balaban J connectivity index is 2.16. The van der Waals surface area contributed by atoms with Gasteiger partial charge in [0.25, 0.3) is 0 Å². The van der Waals surface area contributed by atoms with Crippen molar-refractivity contribution in [3.05, 3.63) is 45.7 Å². The Kier molecular flexibility index (Phi) is 3.86. The number of pyridine rings is 1. The van der Waals surface area contributed by atoms with Crippen LogP contribution in [0.5, 0.6) is 0 Å². The van der Waals surface area contributed by atoms with Crippen molar-refractivity contribution in [3.8, 4) is 0 Å². The lowest BCUT2D eigenvalue weighted by molar-refractivity contribution is 0.587. The van der Waals surface area contributed by atoms with Gasteiger partial charge >= 0.3 is 0 Å². The maximum Gasteiger partial charge on any atom is 0.0947 e. The van der Waals surface area contributed by atoms with E-state index in [1.807, 2.05) is 26.4 Å². The Morgan fingerprint density at radius 3 is 2.76 bits per heavy atom. The summed E-state index contributed by atoms with van der Waals surface area (Å²) in [4.78, 5) is 8.75. The number of aromatic nitrogens is 2. The summed E-state index contributed by atoms with van der Waals surface area (Å²) >= 11 is 1.72. The summed E-state index contributed by atoms with van der Waals surface area (Å²) in [6.07, 6.45) is 4.72. The molecule has 0 saturated carbocycles. The lowest BCUT2D eigenvalue weighted by Crippen LogP contribution is -2.19. The molecule has 0 aliphatic carbocycles. The predicted octanol–water partition coefficient (Wildman–Crippen LogP) is 2.66. The smallest absolute Gasteiger partial charge is 0.0947 e. The molecule has 0 bridgehead atoms. The van der Waals surface area contributed by atoms with E-state index >= 15 is 0 Å². The number of nitrogens with one attached hydrogen (secondary N) is 1. The number of hydrogen-bond donors (Lipinski definition) is 1. The van der Waals surface area contributed by atoms with Gasteiger partial charge in [-0.15, -0.1) is 11.3 Å². The second-order valence-corrected chi connectivity index (χ2v) is 5.17. The maximum atomic E-state index is 4.50. The fourth-order valence-electron chi connectivity index (χ4n) is 1.83. The Labute approximate surface area is 106 Å². The van der Waals surface area contributed by atoms with E-state index in [9.17, 15) is 0 Å². The Morgan fingerprint density at radius 1 is 1.35 bits per heavy atom. The van der Waals surface area contributed by atoms with Crippen LogP contribution in [0.25, 0.3) is 0 Å². The molecule has 2 aromatic heterocycles. The first kappa shape index (κ1) is 12.2. The first-order valence-corrected chi connectivity index (χ1v) is 6.57. The summed E-state index contributed by atoms with van der Waals surface area (Å²) in [6, 6.07) is 2.46. The molecule has 3 nitrogen and oxygen atoms in total. The van der Waals surface area contributed by atoms with Gasteiger partial charge in [0.15, 0.2) is 0 Å². The Bertz CT molecular complexity index is 493. The van der Waals surface area contributed by atoms with E-state index in [1.165, 1.54) is 16.1 Å². The van der Waals surface area contributed by atoms with Gasteiger partial charge in [-0.1, -0.05) is 6.07 Å². The van der Waals surface area contributed by atoms with Crippen LogP contribution in [-0.2, 0) is 6.42 Å². The first-order valence-electron chi connectivity index (χ1n) is 5.69. The SMILES string of the molecule is CNC(Cc1nc(C)cs1)c1cncc(C)c1. The number of hydrogen-bond acceptors (Lipinski definition) is 4. The fourth-order valence-corrected chi connectivity index (χ4v) is 2.65. The van der Waals surface area contributed by atoms with Crippen molar-refractivity contribution in [1.29, 1.82) is 0 Å². The molecule has 0 amide bonds. The monoisotopic (exact) mass is 247 g/mol. The molecule has 0 aliphatic rings. The maximum absolute atomic E-state index is 4.50. The van der Waals surface area contributed by atoms with Crippen LogP contribution in [0.2, 0.25) is 0 Å². The van der Waals surface area contributed by atoms with Crippen molar-refractivity contribution in [2.45, 2.75) is 26.3 Å². The van der Waals surface area contributed by atoms with E-state index in [0.29, 0.717) is 0 Å². The highest BCUT2D eigenvalue weighted by Gasteiger charge is 2.12. The van der Waals surface area contributed by atoms with Crippen molar-refractivity contribution in [3.63, 3.8) is 0 Å². The molecule has 1 N–H and O–H groups in total. The molecule has 0 radical (unpaired) electrons. The summed E-state index contributed by atoms with van der Waals surface area (Å²) in [5.74, 6) is 0. The summed E-state index contributed by atoms with van der Waals surface area (Å²) in [7, 11) is 1.98. The fraction of sp³-hybridized carbons (Fsp3) is 0.385. The average molecular weight is 247 g/mol. The molecular formula is C13H17N3S. The molecule has 1 atom stereocenters. The topological polar surface area (TPSA) is 37.8 Å². The molecule has 17 heavy (non-hydrogen) atoms. The molecule has 4 heteroatoms. The van der Waals surface area contributed by atoms with Crippen LogP contribution in [0, 0.1) is 13.8 Å². The van der Waals surface area contributed by atoms with E-state index in [1.54, 1.807) is 11.3 Å². The van der Waals surface area contributed by atoms with Crippen LogP contribution in [0.3, 0.4) is 0 Å². The van der Waals surface area contributed by atoms with Crippen molar-refractivity contribution in [2.24, 2.45) is 0 Å². The second-order valence-electron chi connectivity index (χ2n) is 4.22. The standard InChI is InChI=1S/C13H17N3S/c1-9-4-11(7-15-6-9)12(14-3)5-13-16-10(2)8-17-13/h4,6-8,12,14H,5H2,1-3H3. The van der Waals surface area contributed by atoms with Gasteiger partial charge in [0.1, 0.15) is 0 Å². The van der Waals surface area contributed by atoms with Gasteiger partial charge in [0, 0.05) is 35.9 Å². The number of aryl methyl sites for hydroxylation is 2. The van der Waals surface area contributed by atoms with E-state index in [4.69, 9.17) is 0 Å². The highest BCUT2D eigenvalue weighted by molar-refractivity contribution is 7.09. The van der Waals surface area contributed by atoms with Gasteiger partial charge in [-0.3, -0.25) is 4.98 Å². The summed E-state index contributed by atoms with van der Waals surface area (Å²) in [6.45, 7) is 4.10. The van der Waals surface area contributed by atoms with Gasteiger partial charge in [0.05, 0.1) is 5.01 Å². The molecule has 0 fully saturated rings. The summed E-state index contributed by atoms with van der Waals surface area (Å²) in [5, 5.41) is 6.59. The van der Waals surface area contributed by atoms with Crippen LogP contribution in [0.1, 0.15) is 27.9 Å². The molecule has 0 aromatic carbocycles. The molecule has 2 aromatic rings. The van der Waals surface area contributed by atoms with Crippen LogP contribution < -0.4 is 5.32 Å². The molecule has 90 valence electrons. The normalized spacial score (nSPS) is 12.6. The van der Waals surface area contributed by atoms with Crippen molar-refractivity contribution in [1.82, 2.24) is 15.3 Å². The Hall–Kier alpha value is -1.26. The van der Waals surface area contributed by atoms with Gasteiger partial charge in [-0.05, 0) is 32.0 Å². The third kappa shape index (κ3) is 3.11. The third-order valence-electron chi connectivity index (χ3n) is 2.69. The van der Waals surface area contributed by atoms with E-state index in [-0.39, 0.29) is 6.04 Å². The predicted molar refractivity (Wildman–Crippen MR) is 71.3 cm³/mol. The highest BCUT2D eigenvalue weighted by atomic mass is 32.1. The molecule has 0 spiro atoms. The summed E-state index contributed by atoms with van der Waals surface area (Å²) in [5.41, 5.74) is 3.51. The van der Waals surface area contributed by atoms with E-state index in [2.05, 4.69) is 33.7 Å². The lowest BCUT2D eigenvalue weighted by atomic mass is 10.1. The third-order valence-corrected chi connectivity index (χ3v) is 3.68. The van der Waals surface area contributed by atoms with Gasteiger partial charge in [0.2, 0.25) is 0 Å². The summed E-state index contributed by atoms with van der Waals surface area (Å²) < 4.78 is 0. The van der Waals surface area contributed by atoms with Crippen molar-refractivity contribution in [2.75, 3.05) is 7.05 Å². The number of nitrogens with zero attached hydrogens (tertiary/aromatic N) is 2. The number of likely N-dealkylation sites (N-methyl/N-ethyl adjacent to an activating group) is 1. The van der Waals surface area contributed by atoms with Crippen LogP contribution in [0.4, 0.5) is 0 Å². The van der Waals surface area contributed by atoms with Crippen LogP contribution in [0.15, 0.2) is 23.8 Å². The largest absolute Gasteiger partial charge is 0.313 e. The van der Waals surface area contributed by atoms with Crippen LogP contribution in [-0.4, -0.2) is 17.0 Å². The zero-order chi connectivity index (χ0) is 12.3. The zero-order valence-corrected chi connectivity index (χ0v) is 11.2. The van der Waals surface area contributed by atoms with E-state index < -0.39 is 0 Å². The van der Waals surface area contributed by atoms with Gasteiger partial charge in [-0.2, -0.15) is 0 Å². The van der Waals surface area contributed by atoms with Crippen molar-refractivity contribution < 1.29 is 0 Å². The van der Waals surface area contributed by atoms with Crippen LogP contribution >= 0.6 is 11.3 Å². The minimum Gasteiger partial charge on any atom is -0.313 e. The molecule has 2 rings (SSSR count). The van der Waals surface area contributed by atoms with Gasteiger partial charge < -0.3 is 5.32 Å². The quantitative estimate of drug-likeness (QED) is 0.902. The molecular weight excluding hydrogens is 230 g/mol. The van der Waals surface area contributed by atoms with Crippen molar-refractivity contribution >= 4 is 11.3 Å². The first-order chi connectivity index (χ1) is 8.19. The molecule has 2 heterocycles. The Morgan fingerprint density at radius 2 is 2.18 bits per heavy atom. The average Bonchev–Trinajstić information content (AvgIpc) is 2.72. The zero-order valence-electron chi connectivity index (χ0n) is 10.4. The molecule has 0 aliphatic heterocycles. The number of rotatable bonds is 4. The molecule has 0 saturated heterocycles. The minimum atomic E-state index is 0.285. The molecule has 1 unspecified atom stereocenters. The lowest BCUT2D eigenvalue weighted by Gasteiger charge is -2.15. The van der Waals surface area contributed by atoms with E-state index in [0.717, 1.165) is 12.1 Å². The highest BCUT2D eigenvalue weighted by Crippen LogP contribution is 2.20.